The Hall–Kier alpha value is -2.48. The van der Waals surface area contributed by atoms with Crippen LogP contribution in [0.3, 0.4) is 0 Å². The first-order chi connectivity index (χ1) is 13.1. The second-order valence-electron chi connectivity index (χ2n) is 7.59. The number of pyridine rings is 1. The van der Waals surface area contributed by atoms with E-state index < -0.39 is 5.60 Å². The quantitative estimate of drug-likeness (QED) is 0.861. The maximum absolute atomic E-state index is 12.4. The van der Waals surface area contributed by atoms with E-state index in [-0.39, 0.29) is 11.8 Å². The van der Waals surface area contributed by atoms with Crippen LogP contribution in [0.15, 0.2) is 29.7 Å². The van der Waals surface area contributed by atoms with E-state index in [4.69, 9.17) is 4.84 Å². The number of likely N-dealkylation sites (tertiary alicyclic amines) is 2. The van der Waals surface area contributed by atoms with E-state index in [0.717, 1.165) is 45.3 Å². The van der Waals surface area contributed by atoms with Crippen LogP contribution in [0.1, 0.15) is 32.1 Å². The second-order valence-corrected chi connectivity index (χ2v) is 7.59. The summed E-state index contributed by atoms with van der Waals surface area (Å²) in [5.41, 5.74) is 0.532. The van der Waals surface area contributed by atoms with Gasteiger partial charge < -0.3 is 15.1 Å². The van der Waals surface area contributed by atoms with Crippen LogP contribution in [-0.4, -0.2) is 70.6 Å². The van der Waals surface area contributed by atoms with Gasteiger partial charge in [0.15, 0.2) is 5.60 Å². The Morgan fingerprint density at radius 2 is 2.07 bits per heavy atom. The van der Waals surface area contributed by atoms with Gasteiger partial charge in [-0.3, -0.25) is 19.5 Å². The van der Waals surface area contributed by atoms with Crippen molar-refractivity contribution in [2.75, 3.05) is 38.0 Å². The van der Waals surface area contributed by atoms with Crippen LogP contribution in [0.5, 0.6) is 0 Å². The van der Waals surface area contributed by atoms with Gasteiger partial charge in [0.25, 0.3) is 5.91 Å². The number of nitrogens with one attached hydrogen (secondary N) is 1. The molecular formula is C19H25N5O3. The van der Waals surface area contributed by atoms with Crippen LogP contribution >= 0.6 is 0 Å². The minimum absolute atomic E-state index is 0.193. The average molecular weight is 371 g/mol. The minimum atomic E-state index is -0.495. The van der Waals surface area contributed by atoms with Crippen molar-refractivity contribution in [1.29, 1.82) is 0 Å². The molecule has 2 fully saturated rings. The second kappa shape index (κ2) is 7.64. The highest BCUT2D eigenvalue weighted by molar-refractivity contribution is 6.43. The molecule has 1 aromatic rings. The molecule has 1 unspecified atom stereocenters. The number of oxime groups is 1. The molecule has 8 heteroatoms. The van der Waals surface area contributed by atoms with E-state index >= 15 is 0 Å². The van der Waals surface area contributed by atoms with Crippen LogP contribution in [0.4, 0.5) is 5.69 Å². The smallest absolute Gasteiger partial charge is 0.273 e. The van der Waals surface area contributed by atoms with Gasteiger partial charge in [-0.2, -0.15) is 0 Å². The molecule has 8 nitrogen and oxygen atoms in total. The lowest BCUT2D eigenvalue weighted by Crippen LogP contribution is -2.51. The minimum Gasteiger partial charge on any atom is -0.387 e. The number of hydrogen-bond donors (Lipinski definition) is 1. The summed E-state index contributed by atoms with van der Waals surface area (Å²) in [6.07, 6.45) is 7.68. The first-order valence-electron chi connectivity index (χ1n) is 9.60. The predicted octanol–water partition coefficient (Wildman–Crippen LogP) is 1.25. The van der Waals surface area contributed by atoms with Crippen molar-refractivity contribution in [2.24, 2.45) is 5.16 Å². The van der Waals surface area contributed by atoms with Gasteiger partial charge in [0.05, 0.1) is 18.4 Å². The zero-order valence-corrected chi connectivity index (χ0v) is 15.4. The molecular weight excluding hydrogens is 346 g/mol. The Labute approximate surface area is 158 Å². The normalized spacial score (nSPS) is 25.3. The molecule has 0 radical (unpaired) electrons. The van der Waals surface area contributed by atoms with Gasteiger partial charge in [0.1, 0.15) is 5.71 Å². The molecule has 0 saturated carbocycles. The van der Waals surface area contributed by atoms with Gasteiger partial charge in [0, 0.05) is 32.3 Å². The summed E-state index contributed by atoms with van der Waals surface area (Å²) in [7, 11) is 0. The molecule has 1 N–H and O–H groups in total. The van der Waals surface area contributed by atoms with Crippen molar-refractivity contribution in [1.82, 2.24) is 14.8 Å². The van der Waals surface area contributed by atoms with Crippen LogP contribution in [-0.2, 0) is 14.4 Å². The van der Waals surface area contributed by atoms with E-state index in [1.54, 1.807) is 24.5 Å². The molecule has 0 bridgehead atoms. The first-order valence-corrected chi connectivity index (χ1v) is 9.60. The van der Waals surface area contributed by atoms with Gasteiger partial charge >= 0.3 is 0 Å². The van der Waals surface area contributed by atoms with Crippen molar-refractivity contribution < 1.29 is 14.4 Å². The molecule has 4 rings (SSSR count). The number of rotatable bonds is 4. The average Bonchev–Trinajstić information content (AvgIpc) is 3.33. The van der Waals surface area contributed by atoms with Gasteiger partial charge in [-0.05, 0) is 44.4 Å². The highest BCUT2D eigenvalue weighted by atomic mass is 16.7. The van der Waals surface area contributed by atoms with Gasteiger partial charge in [0.2, 0.25) is 5.91 Å². The molecule has 0 aromatic carbocycles. The first kappa shape index (κ1) is 17.9. The third-order valence-corrected chi connectivity index (χ3v) is 5.46. The predicted molar refractivity (Wildman–Crippen MR) is 100 cm³/mol. The largest absolute Gasteiger partial charge is 0.387 e. The molecule has 1 aromatic heterocycles. The number of nitrogens with zero attached hydrogens (tertiary/aromatic N) is 4. The lowest BCUT2D eigenvalue weighted by Gasteiger charge is -2.38. The molecule has 27 heavy (non-hydrogen) atoms. The summed E-state index contributed by atoms with van der Waals surface area (Å²) < 4.78 is 0. The van der Waals surface area contributed by atoms with Crippen molar-refractivity contribution >= 4 is 23.2 Å². The van der Waals surface area contributed by atoms with E-state index in [0.29, 0.717) is 30.9 Å². The van der Waals surface area contributed by atoms with Crippen LogP contribution in [0, 0.1) is 0 Å². The summed E-state index contributed by atoms with van der Waals surface area (Å²) in [6, 6.07) is 3.55. The fourth-order valence-electron chi connectivity index (χ4n) is 4.09. The summed E-state index contributed by atoms with van der Waals surface area (Å²) in [5, 5.41) is 6.86. The highest BCUT2D eigenvalue weighted by Crippen LogP contribution is 2.33. The molecule has 1 atom stereocenters. The summed E-state index contributed by atoms with van der Waals surface area (Å²) in [6.45, 7) is 3.66. The number of piperidine rings is 1. The Kier molecular flexibility index (Phi) is 5.07. The monoisotopic (exact) mass is 371 g/mol. The van der Waals surface area contributed by atoms with E-state index in [2.05, 4.69) is 20.4 Å². The topological polar surface area (TPSA) is 87.1 Å². The third-order valence-electron chi connectivity index (χ3n) is 5.46. The zero-order valence-electron chi connectivity index (χ0n) is 15.4. The number of carbonyl (C=O) groups is 2. The van der Waals surface area contributed by atoms with E-state index in [9.17, 15) is 9.59 Å². The Balaban J connectivity index is 1.33. The number of hydrogen-bond acceptors (Lipinski definition) is 6. The van der Waals surface area contributed by atoms with Gasteiger partial charge in [-0.25, -0.2) is 0 Å². The molecule has 2 saturated heterocycles. The maximum Gasteiger partial charge on any atom is 0.273 e. The van der Waals surface area contributed by atoms with Gasteiger partial charge in [-0.1, -0.05) is 5.16 Å². The molecule has 3 aliphatic heterocycles. The SMILES string of the molecule is O=C(Nc1cccnc1)C1=NOC2(CCCN(CC(=O)N3CCCC3)C2)C1. The number of carbonyl (C=O) groups excluding carboxylic acids is 2. The summed E-state index contributed by atoms with van der Waals surface area (Å²) in [4.78, 5) is 38.7. The molecule has 144 valence electrons. The lowest BCUT2D eigenvalue weighted by atomic mass is 9.88. The molecule has 2 amide bonds. The molecule has 0 aliphatic carbocycles. The van der Waals surface area contributed by atoms with Crippen molar-refractivity contribution in [3.8, 4) is 0 Å². The fourth-order valence-corrected chi connectivity index (χ4v) is 4.09. The van der Waals surface area contributed by atoms with Crippen molar-refractivity contribution in [3.05, 3.63) is 24.5 Å². The summed E-state index contributed by atoms with van der Waals surface area (Å²) >= 11 is 0. The fraction of sp³-hybridized carbons (Fsp3) is 0.579. The van der Waals surface area contributed by atoms with Crippen molar-refractivity contribution in [3.63, 3.8) is 0 Å². The number of amides is 2. The third kappa shape index (κ3) is 4.10. The standard InChI is InChI=1S/C19H25N5O3/c25-17(24-9-1-2-10-24)13-23-8-4-6-19(14-23)11-16(22-27-19)18(26)21-15-5-3-7-20-12-15/h3,5,7,12H,1-2,4,6,8-11,13-14H2,(H,21,26). The number of anilines is 1. The van der Waals surface area contributed by atoms with Gasteiger partial charge in [-0.15, -0.1) is 0 Å². The maximum atomic E-state index is 12.4. The van der Waals surface area contributed by atoms with Crippen LogP contribution < -0.4 is 5.32 Å². The Morgan fingerprint density at radius 3 is 2.85 bits per heavy atom. The van der Waals surface area contributed by atoms with Crippen LogP contribution in [0.2, 0.25) is 0 Å². The summed E-state index contributed by atoms with van der Waals surface area (Å²) in [5.74, 6) is -0.0665. The Bertz CT molecular complexity index is 732. The zero-order chi connectivity index (χ0) is 18.7. The lowest BCUT2D eigenvalue weighted by molar-refractivity contribution is -0.134. The molecule has 4 heterocycles. The highest BCUT2D eigenvalue weighted by Gasteiger charge is 2.45. The Morgan fingerprint density at radius 1 is 1.22 bits per heavy atom. The number of aromatic nitrogens is 1. The van der Waals surface area contributed by atoms with E-state index in [1.165, 1.54) is 0 Å². The van der Waals surface area contributed by atoms with Crippen LogP contribution in [0.25, 0.3) is 0 Å². The molecule has 3 aliphatic rings. The van der Waals surface area contributed by atoms with E-state index in [1.807, 2.05) is 4.90 Å². The van der Waals surface area contributed by atoms with Crippen molar-refractivity contribution in [2.45, 2.75) is 37.7 Å². The molecule has 1 spiro atoms.